The highest BCUT2D eigenvalue weighted by Gasteiger charge is 2.26. The van der Waals surface area contributed by atoms with E-state index in [0.29, 0.717) is 6.04 Å². The molecule has 1 aromatic carbocycles. The van der Waals surface area contributed by atoms with Crippen molar-refractivity contribution in [1.29, 1.82) is 0 Å². The minimum atomic E-state index is 0. The van der Waals surface area contributed by atoms with Crippen LogP contribution in [0.5, 0.6) is 0 Å². The van der Waals surface area contributed by atoms with Gasteiger partial charge < -0.3 is 0 Å². The van der Waals surface area contributed by atoms with Gasteiger partial charge in [0.15, 0.2) is 0 Å². The van der Waals surface area contributed by atoms with Gasteiger partial charge in [-0.05, 0) is 37.9 Å². The summed E-state index contributed by atoms with van der Waals surface area (Å²) in [6.45, 7) is 3.61. The Kier molecular flexibility index (Phi) is 4.62. The smallest absolute Gasteiger partial charge is 0.0370 e. The lowest BCUT2D eigenvalue weighted by Crippen LogP contribution is -2.34. The fourth-order valence-corrected chi connectivity index (χ4v) is 2.63. The lowest BCUT2D eigenvalue weighted by atomic mass is 9.86. The van der Waals surface area contributed by atoms with E-state index in [0.717, 1.165) is 5.92 Å². The normalized spacial score (nSPS) is 27.1. The molecule has 2 unspecified atom stereocenters. The summed E-state index contributed by atoms with van der Waals surface area (Å²) >= 11 is 0. The molecule has 0 radical (unpaired) electrons. The molecule has 0 amide bonds. The predicted octanol–water partition coefficient (Wildman–Crippen LogP) is 3.51. The molecular formula is C13H20ClN. The molecule has 2 heteroatoms. The zero-order valence-corrected chi connectivity index (χ0v) is 10.3. The average Bonchev–Trinajstić information content (AvgIpc) is 2.19. The summed E-state index contributed by atoms with van der Waals surface area (Å²) in [5, 5.41) is 0. The second-order valence-electron chi connectivity index (χ2n) is 4.46. The maximum atomic E-state index is 2.49. The molecule has 0 bridgehead atoms. The molecule has 1 heterocycles. The number of halogens is 1. The molecule has 84 valence electrons. The summed E-state index contributed by atoms with van der Waals surface area (Å²) in [5.74, 6) is 0.788. The summed E-state index contributed by atoms with van der Waals surface area (Å²) < 4.78 is 0. The third-order valence-electron chi connectivity index (χ3n) is 3.33. The van der Waals surface area contributed by atoms with Crippen molar-refractivity contribution in [2.45, 2.75) is 25.8 Å². The number of piperidine rings is 1. The third-order valence-corrected chi connectivity index (χ3v) is 3.33. The molecule has 1 aliphatic rings. The van der Waals surface area contributed by atoms with Crippen LogP contribution in [-0.4, -0.2) is 18.5 Å². The Hall–Kier alpha value is -0.530. The molecule has 1 aromatic rings. The lowest BCUT2D eigenvalue weighted by molar-refractivity contribution is 0.131. The average molecular weight is 226 g/mol. The van der Waals surface area contributed by atoms with Gasteiger partial charge in [0.2, 0.25) is 0 Å². The molecule has 0 aromatic heterocycles. The minimum absolute atomic E-state index is 0. The molecule has 1 nitrogen and oxygen atoms in total. The van der Waals surface area contributed by atoms with E-state index in [9.17, 15) is 0 Å². The van der Waals surface area contributed by atoms with Gasteiger partial charge in [0, 0.05) is 6.04 Å². The maximum absolute atomic E-state index is 2.49. The molecule has 15 heavy (non-hydrogen) atoms. The second kappa shape index (κ2) is 5.53. The molecule has 0 N–H and O–H groups in total. The van der Waals surface area contributed by atoms with Crippen LogP contribution in [-0.2, 0) is 0 Å². The largest absolute Gasteiger partial charge is 0.299 e. The number of rotatable bonds is 1. The zero-order chi connectivity index (χ0) is 9.97. The van der Waals surface area contributed by atoms with Crippen LogP contribution in [0.4, 0.5) is 0 Å². The Morgan fingerprint density at radius 3 is 2.47 bits per heavy atom. The van der Waals surface area contributed by atoms with Gasteiger partial charge >= 0.3 is 0 Å². The maximum Gasteiger partial charge on any atom is 0.0370 e. The first-order chi connectivity index (χ1) is 6.79. The van der Waals surface area contributed by atoms with Crippen LogP contribution in [0.25, 0.3) is 0 Å². The first-order valence-corrected chi connectivity index (χ1v) is 5.54. The Balaban J connectivity index is 0.00000112. The number of nitrogens with zero attached hydrogens (tertiary/aromatic N) is 1. The SMILES string of the molecule is CC1CCCN(C)C1c1ccccc1.Cl. The van der Waals surface area contributed by atoms with Gasteiger partial charge in [0.25, 0.3) is 0 Å². The highest BCUT2D eigenvalue weighted by molar-refractivity contribution is 5.85. The van der Waals surface area contributed by atoms with E-state index in [1.807, 2.05) is 0 Å². The van der Waals surface area contributed by atoms with Crippen molar-refractivity contribution in [3.05, 3.63) is 35.9 Å². The topological polar surface area (TPSA) is 3.24 Å². The van der Waals surface area contributed by atoms with Gasteiger partial charge in [0.05, 0.1) is 0 Å². The third kappa shape index (κ3) is 2.73. The monoisotopic (exact) mass is 225 g/mol. The van der Waals surface area contributed by atoms with Crippen molar-refractivity contribution >= 4 is 12.4 Å². The van der Waals surface area contributed by atoms with E-state index >= 15 is 0 Å². The first kappa shape index (κ1) is 12.5. The Morgan fingerprint density at radius 2 is 1.87 bits per heavy atom. The van der Waals surface area contributed by atoms with E-state index in [2.05, 4.69) is 49.2 Å². The number of hydrogen-bond acceptors (Lipinski definition) is 1. The van der Waals surface area contributed by atoms with Gasteiger partial charge in [-0.15, -0.1) is 12.4 Å². The summed E-state index contributed by atoms with van der Waals surface area (Å²) in [6, 6.07) is 11.5. The number of likely N-dealkylation sites (tertiary alicyclic amines) is 1. The number of hydrogen-bond donors (Lipinski definition) is 0. The van der Waals surface area contributed by atoms with Crippen LogP contribution in [0, 0.1) is 5.92 Å². The summed E-state index contributed by atoms with van der Waals surface area (Å²) in [4.78, 5) is 2.49. The van der Waals surface area contributed by atoms with Crippen LogP contribution in [0.2, 0.25) is 0 Å². The Labute approximate surface area is 98.9 Å². The van der Waals surface area contributed by atoms with Crippen LogP contribution < -0.4 is 0 Å². The fraction of sp³-hybridized carbons (Fsp3) is 0.538. The first-order valence-electron chi connectivity index (χ1n) is 5.54. The van der Waals surface area contributed by atoms with Crippen molar-refractivity contribution in [3.63, 3.8) is 0 Å². The molecule has 1 aliphatic heterocycles. The van der Waals surface area contributed by atoms with Gasteiger partial charge in [-0.2, -0.15) is 0 Å². The molecule has 0 saturated carbocycles. The molecule has 2 rings (SSSR count). The van der Waals surface area contributed by atoms with Crippen molar-refractivity contribution in [2.24, 2.45) is 5.92 Å². The van der Waals surface area contributed by atoms with Crippen LogP contribution in [0.1, 0.15) is 31.4 Å². The highest BCUT2D eigenvalue weighted by atomic mass is 35.5. The van der Waals surface area contributed by atoms with E-state index in [-0.39, 0.29) is 12.4 Å². The standard InChI is InChI=1S/C13H19N.ClH/c1-11-7-6-10-14(2)13(11)12-8-4-3-5-9-12;/h3-5,8-9,11,13H,6-7,10H2,1-2H3;1H. The second-order valence-corrected chi connectivity index (χ2v) is 4.46. The van der Waals surface area contributed by atoms with Gasteiger partial charge in [0.1, 0.15) is 0 Å². The molecule has 1 fully saturated rings. The Morgan fingerprint density at radius 1 is 1.20 bits per heavy atom. The molecule has 2 atom stereocenters. The highest BCUT2D eigenvalue weighted by Crippen LogP contribution is 2.34. The van der Waals surface area contributed by atoms with E-state index in [1.54, 1.807) is 0 Å². The molecular weight excluding hydrogens is 206 g/mol. The van der Waals surface area contributed by atoms with E-state index in [1.165, 1.54) is 24.9 Å². The van der Waals surface area contributed by atoms with Crippen molar-refractivity contribution < 1.29 is 0 Å². The van der Waals surface area contributed by atoms with Gasteiger partial charge in [-0.1, -0.05) is 37.3 Å². The molecule has 0 spiro atoms. The summed E-state index contributed by atoms with van der Waals surface area (Å²) in [5.41, 5.74) is 1.47. The van der Waals surface area contributed by atoms with Crippen molar-refractivity contribution in [2.75, 3.05) is 13.6 Å². The number of benzene rings is 1. The van der Waals surface area contributed by atoms with Crippen LogP contribution in [0.15, 0.2) is 30.3 Å². The summed E-state index contributed by atoms with van der Waals surface area (Å²) in [7, 11) is 2.24. The zero-order valence-electron chi connectivity index (χ0n) is 9.52. The quantitative estimate of drug-likeness (QED) is 0.707. The van der Waals surface area contributed by atoms with E-state index in [4.69, 9.17) is 0 Å². The van der Waals surface area contributed by atoms with Crippen LogP contribution in [0.3, 0.4) is 0 Å². The van der Waals surface area contributed by atoms with Crippen molar-refractivity contribution in [1.82, 2.24) is 4.90 Å². The molecule has 1 saturated heterocycles. The fourth-order valence-electron chi connectivity index (χ4n) is 2.63. The predicted molar refractivity (Wildman–Crippen MR) is 67.5 cm³/mol. The van der Waals surface area contributed by atoms with Crippen LogP contribution >= 0.6 is 12.4 Å². The molecule has 0 aliphatic carbocycles. The van der Waals surface area contributed by atoms with E-state index < -0.39 is 0 Å². The van der Waals surface area contributed by atoms with Gasteiger partial charge in [-0.3, -0.25) is 4.90 Å². The van der Waals surface area contributed by atoms with Crippen molar-refractivity contribution in [3.8, 4) is 0 Å². The summed E-state index contributed by atoms with van der Waals surface area (Å²) in [6.07, 6.45) is 2.71. The Bertz CT molecular complexity index is 276. The minimum Gasteiger partial charge on any atom is -0.299 e. The lowest BCUT2D eigenvalue weighted by Gasteiger charge is -2.37. The van der Waals surface area contributed by atoms with Gasteiger partial charge in [-0.25, -0.2) is 0 Å².